The number of benzene rings is 1. The van der Waals surface area contributed by atoms with Crippen LogP contribution in [0.1, 0.15) is 19.8 Å². The number of hydrogen-bond donors (Lipinski definition) is 2. The normalized spacial score (nSPS) is 12.2. The Hall–Kier alpha value is -0.940. The molecule has 1 rings (SSSR count). The lowest BCUT2D eigenvalue weighted by molar-refractivity contribution is -0.117. The smallest absolute Gasteiger partial charge is 0.241 e. The van der Waals surface area contributed by atoms with E-state index in [0.717, 1.165) is 6.42 Å². The molecule has 0 aliphatic rings. The van der Waals surface area contributed by atoms with Gasteiger partial charge in [-0.25, -0.2) is 4.39 Å². The molecule has 0 heterocycles. The molecule has 0 aromatic heterocycles. The Bertz CT molecular complexity index is 364. The van der Waals surface area contributed by atoms with Crippen molar-refractivity contribution in [2.24, 2.45) is 5.73 Å². The van der Waals surface area contributed by atoms with Crippen molar-refractivity contribution in [2.45, 2.75) is 25.8 Å². The highest BCUT2D eigenvalue weighted by molar-refractivity contribution is 9.10. The molecule has 16 heavy (non-hydrogen) atoms. The molecule has 1 amide bonds. The summed E-state index contributed by atoms with van der Waals surface area (Å²) in [6.45, 7) is 1.94. The van der Waals surface area contributed by atoms with Crippen molar-refractivity contribution >= 4 is 27.5 Å². The second-order valence-electron chi connectivity index (χ2n) is 3.48. The van der Waals surface area contributed by atoms with Gasteiger partial charge in [0.15, 0.2) is 0 Å². The van der Waals surface area contributed by atoms with Gasteiger partial charge in [-0.2, -0.15) is 0 Å². The molecule has 3 N–H and O–H groups in total. The Balaban J connectivity index is 2.77. The van der Waals surface area contributed by atoms with E-state index < -0.39 is 11.9 Å². The van der Waals surface area contributed by atoms with Crippen LogP contribution in [0.25, 0.3) is 0 Å². The number of para-hydroxylation sites is 1. The number of carbonyl (C=O) groups excluding carboxylic acids is 1. The summed E-state index contributed by atoms with van der Waals surface area (Å²) in [5, 5.41) is 2.48. The highest BCUT2D eigenvalue weighted by Crippen LogP contribution is 2.25. The summed E-state index contributed by atoms with van der Waals surface area (Å²) in [4.78, 5) is 11.6. The van der Waals surface area contributed by atoms with Crippen molar-refractivity contribution in [3.8, 4) is 0 Å². The van der Waals surface area contributed by atoms with E-state index in [1.165, 1.54) is 6.07 Å². The molecule has 0 saturated carbocycles. The van der Waals surface area contributed by atoms with Gasteiger partial charge < -0.3 is 11.1 Å². The summed E-state index contributed by atoms with van der Waals surface area (Å²) in [5.74, 6) is -0.848. The molecule has 0 saturated heterocycles. The Labute approximate surface area is 102 Å². The van der Waals surface area contributed by atoms with E-state index in [4.69, 9.17) is 5.73 Å². The van der Waals surface area contributed by atoms with E-state index in [2.05, 4.69) is 21.2 Å². The van der Waals surface area contributed by atoms with E-state index in [9.17, 15) is 9.18 Å². The van der Waals surface area contributed by atoms with Crippen LogP contribution in [-0.2, 0) is 4.79 Å². The molecular weight excluding hydrogens is 275 g/mol. The number of amides is 1. The number of nitrogens with two attached hydrogens (primary N) is 1. The second-order valence-corrected chi connectivity index (χ2v) is 4.34. The first kappa shape index (κ1) is 13.1. The van der Waals surface area contributed by atoms with E-state index in [0.29, 0.717) is 10.9 Å². The van der Waals surface area contributed by atoms with Crippen LogP contribution in [0.3, 0.4) is 0 Å². The van der Waals surface area contributed by atoms with E-state index in [1.54, 1.807) is 12.1 Å². The predicted molar refractivity (Wildman–Crippen MR) is 65.6 cm³/mol. The SMILES string of the molecule is CCC[C@H](N)C(=O)Nc1c(F)cccc1Br. The molecule has 1 aromatic carbocycles. The van der Waals surface area contributed by atoms with Crippen LogP contribution >= 0.6 is 15.9 Å². The van der Waals surface area contributed by atoms with Gasteiger partial charge in [-0.1, -0.05) is 19.4 Å². The van der Waals surface area contributed by atoms with Gasteiger partial charge in [0.25, 0.3) is 0 Å². The Morgan fingerprint density at radius 2 is 2.31 bits per heavy atom. The summed E-state index contributed by atoms with van der Waals surface area (Å²) in [5.41, 5.74) is 5.76. The van der Waals surface area contributed by atoms with Crippen molar-refractivity contribution < 1.29 is 9.18 Å². The van der Waals surface area contributed by atoms with Crippen LogP contribution in [0.4, 0.5) is 10.1 Å². The number of rotatable bonds is 4. The molecule has 0 spiro atoms. The van der Waals surface area contributed by atoms with Crippen molar-refractivity contribution in [3.63, 3.8) is 0 Å². The third-order valence-electron chi connectivity index (χ3n) is 2.15. The molecule has 3 nitrogen and oxygen atoms in total. The molecule has 0 fully saturated rings. The van der Waals surface area contributed by atoms with Crippen LogP contribution in [-0.4, -0.2) is 11.9 Å². The summed E-state index contributed by atoms with van der Waals surface area (Å²) in [6, 6.07) is 3.90. The minimum atomic E-state index is -0.600. The predicted octanol–water partition coefficient (Wildman–Crippen LogP) is 2.65. The molecule has 0 radical (unpaired) electrons. The highest BCUT2D eigenvalue weighted by Gasteiger charge is 2.15. The van der Waals surface area contributed by atoms with Gasteiger partial charge in [0.2, 0.25) is 5.91 Å². The van der Waals surface area contributed by atoms with E-state index in [1.807, 2.05) is 6.92 Å². The van der Waals surface area contributed by atoms with Crippen molar-refractivity contribution in [3.05, 3.63) is 28.5 Å². The van der Waals surface area contributed by atoms with E-state index >= 15 is 0 Å². The van der Waals surface area contributed by atoms with Crippen LogP contribution in [0.15, 0.2) is 22.7 Å². The van der Waals surface area contributed by atoms with Gasteiger partial charge >= 0.3 is 0 Å². The number of nitrogens with one attached hydrogen (secondary N) is 1. The fourth-order valence-electron chi connectivity index (χ4n) is 1.28. The fraction of sp³-hybridized carbons (Fsp3) is 0.364. The fourth-order valence-corrected chi connectivity index (χ4v) is 1.72. The number of hydrogen-bond acceptors (Lipinski definition) is 2. The van der Waals surface area contributed by atoms with Gasteiger partial charge in [-0.15, -0.1) is 0 Å². The monoisotopic (exact) mass is 288 g/mol. The molecule has 0 bridgehead atoms. The summed E-state index contributed by atoms with van der Waals surface area (Å²) in [7, 11) is 0. The number of carbonyl (C=O) groups is 1. The third kappa shape index (κ3) is 3.28. The topological polar surface area (TPSA) is 55.1 Å². The standard InChI is InChI=1S/C11H14BrFN2O/c1-2-4-9(14)11(16)15-10-7(12)5-3-6-8(10)13/h3,5-6,9H,2,4,14H2,1H3,(H,15,16)/t9-/m0/s1. The molecular formula is C11H14BrFN2O. The van der Waals surface area contributed by atoms with E-state index in [-0.39, 0.29) is 11.6 Å². The Morgan fingerprint density at radius 3 is 2.88 bits per heavy atom. The van der Waals surface area contributed by atoms with Crippen molar-refractivity contribution in [1.82, 2.24) is 0 Å². The van der Waals surface area contributed by atoms with Crippen LogP contribution in [0, 0.1) is 5.82 Å². The molecule has 5 heteroatoms. The quantitative estimate of drug-likeness (QED) is 0.895. The molecule has 1 atom stereocenters. The third-order valence-corrected chi connectivity index (χ3v) is 2.81. The van der Waals surface area contributed by atoms with Crippen LogP contribution in [0.2, 0.25) is 0 Å². The average Bonchev–Trinajstić information content (AvgIpc) is 2.23. The van der Waals surface area contributed by atoms with Gasteiger partial charge in [-0.3, -0.25) is 4.79 Å². The van der Waals surface area contributed by atoms with Crippen molar-refractivity contribution in [1.29, 1.82) is 0 Å². The minimum Gasteiger partial charge on any atom is -0.321 e. The Kier molecular flexibility index (Phi) is 4.89. The number of anilines is 1. The first-order valence-electron chi connectivity index (χ1n) is 5.06. The second kappa shape index (κ2) is 5.96. The Morgan fingerprint density at radius 1 is 1.62 bits per heavy atom. The van der Waals surface area contributed by atoms with Gasteiger partial charge in [0, 0.05) is 4.47 Å². The van der Waals surface area contributed by atoms with Crippen molar-refractivity contribution in [2.75, 3.05) is 5.32 Å². The molecule has 1 aromatic rings. The lowest BCUT2D eigenvalue weighted by atomic mass is 10.1. The average molecular weight is 289 g/mol. The lowest BCUT2D eigenvalue weighted by Crippen LogP contribution is -2.35. The zero-order valence-electron chi connectivity index (χ0n) is 8.97. The highest BCUT2D eigenvalue weighted by atomic mass is 79.9. The first-order valence-corrected chi connectivity index (χ1v) is 5.86. The summed E-state index contributed by atoms with van der Waals surface area (Å²) in [6.07, 6.45) is 1.39. The zero-order chi connectivity index (χ0) is 12.1. The van der Waals surface area contributed by atoms with Gasteiger partial charge in [-0.05, 0) is 34.5 Å². The molecule has 0 aliphatic carbocycles. The number of halogens is 2. The minimum absolute atomic E-state index is 0.138. The van der Waals surface area contributed by atoms with Crippen LogP contribution in [0.5, 0.6) is 0 Å². The lowest BCUT2D eigenvalue weighted by Gasteiger charge is -2.12. The first-order chi connectivity index (χ1) is 7.56. The molecule has 88 valence electrons. The summed E-state index contributed by atoms with van der Waals surface area (Å²) >= 11 is 3.17. The van der Waals surface area contributed by atoms with Crippen LogP contribution < -0.4 is 11.1 Å². The maximum Gasteiger partial charge on any atom is 0.241 e. The van der Waals surface area contributed by atoms with Gasteiger partial charge in [0.05, 0.1) is 11.7 Å². The largest absolute Gasteiger partial charge is 0.321 e. The maximum atomic E-state index is 13.4. The zero-order valence-corrected chi connectivity index (χ0v) is 10.6. The molecule has 0 unspecified atom stereocenters. The summed E-state index contributed by atoms with van der Waals surface area (Å²) < 4.78 is 13.9. The maximum absolute atomic E-state index is 13.4. The molecule has 0 aliphatic heterocycles. The van der Waals surface area contributed by atoms with Gasteiger partial charge in [0.1, 0.15) is 5.82 Å².